The number of carbonyl (C=O) groups is 2. The van der Waals surface area contributed by atoms with Crippen LogP contribution in [0.1, 0.15) is 33.9 Å². The van der Waals surface area contributed by atoms with E-state index in [1.165, 1.54) is 12.0 Å². The van der Waals surface area contributed by atoms with E-state index in [9.17, 15) is 14.9 Å². The number of hydrogen-bond donors (Lipinski definition) is 0. The van der Waals surface area contributed by atoms with Gasteiger partial charge in [0.25, 0.3) is 5.91 Å². The monoisotopic (exact) mass is 301 g/mol. The van der Waals surface area contributed by atoms with Crippen molar-refractivity contribution in [3.05, 3.63) is 34.9 Å². The van der Waals surface area contributed by atoms with Crippen molar-refractivity contribution in [3.8, 4) is 6.07 Å². The minimum atomic E-state index is -0.644. The van der Waals surface area contributed by atoms with Crippen molar-refractivity contribution in [2.24, 2.45) is 0 Å². The predicted molar refractivity (Wildman–Crippen MR) is 79.9 cm³/mol. The Morgan fingerprint density at radius 2 is 2.18 bits per heavy atom. The maximum absolute atomic E-state index is 12.4. The molecule has 6 heteroatoms. The van der Waals surface area contributed by atoms with Crippen LogP contribution in [0.5, 0.6) is 0 Å². The van der Waals surface area contributed by atoms with E-state index < -0.39 is 12.0 Å². The summed E-state index contributed by atoms with van der Waals surface area (Å²) in [4.78, 5) is 27.1. The number of esters is 1. The summed E-state index contributed by atoms with van der Waals surface area (Å²) in [6, 6.07) is 7.08. The minimum absolute atomic E-state index is 0.0823. The molecule has 1 amide bonds. The molecule has 0 fully saturated rings. The SMILES string of the molecule is COC(=O)CCN1C(=O)c2ccc(CN(C)C)cc2C1C#N. The lowest BCUT2D eigenvalue weighted by Crippen LogP contribution is -2.30. The van der Waals surface area contributed by atoms with Gasteiger partial charge in [-0.1, -0.05) is 12.1 Å². The molecule has 0 aromatic heterocycles. The van der Waals surface area contributed by atoms with E-state index in [4.69, 9.17) is 0 Å². The molecule has 0 saturated heterocycles. The number of hydrogen-bond acceptors (Lipinski definition) is 5. The number of ether oxygens (including phenoxy) is 1. The number of fused-ring (bicyclic) bond motifs is 1. The second-order valence-corrected chi connectivity index (χ2v) is 5.52. The van der Waals surface area contributed by atoms with Gasteiger partial charge in [0, 0.05) is 24.2 Å². The molecule has 0 aliphatic carbocycles. The molecule has 0 radical (unpaired) electrons. The number of nitrogens with zero attached hydrogens (tertiary/aromatic N) is 3. The second kappa shape index (κ2) is 6.58. The van der Waals surface area contributed by atoms with Gasteiger partial charge >= 0.3 is 5.97 Å². The van der Waals surface area contributed by atoms with Crippen LogP contribution in [0.3, 0.4) is 0 Å². The van der Waals surface area contributed by atoms with E-state index in [1.54, 1.807) is 6.07 Å². The van der Waals surface area contributed by atoms with Gasteiger partial charge in [0.15, 0.2) is 0 Å². The van der Waals surface area contributed by atoms with Crippen molar-refractivity contribution in [1.82, 2.24) is 9.80 Å². The van der Waals surface area contributed by atoms with Crippen LogP contribution in [0.2, 0.25) is 0 Å². The lowest BCUT2D eigenvalue weighted by atomic mass is 10.0. The number of nitriles is 1. The van der Waals surface area contributed by atoms with Crippen LogP contribution in [-0.2, 0) is 16.1 Å². The van der Waals surface area contributed by atoms with Crippen LogP contribution in [0.15, 0.2) is 18.2 Å². The molecular weight excluding hydrogens is 282 g/mol. The summed E-state index contributed by atoms with van der Waals surface area (Å²) in [6.45, 7) is 0.920. The first-order valence-corrected chi connectivity index (χ1v) is 7.03. The van der Waals surface area contributed by atoms with Crippen LogP contribution in [0.4, 0.5) is 0 Å². The average Bonchev–Trinajstić information content (AvgIpc) is 2.75. The second-order valence-electron chi connectivity index (χ2n) is 5.52. The maximum Gasteiger partial charge on any atom is 0.307 e. The zero-order valence-electron chi connectivity index (χ0n) is 13.0. The zero-order valence-corrected chi connectivity index (χ0v) is 13.0. The third kappa shape index (κ3) is 3.10. The van der Waals surface area contributed by atoms with Gasteiger partial charge in [-0.3, -0.25) is 9.59 Å². The van der Waals surface area contributed by atoms with Gasteiger partial charge in [-0.05, 0) is 25.7 Å². The number of rotatable bonds is 5. The molecule has 0 bridgehead atoms. The number of carbonyl (C=O) groups excluding carboxylic acids is 2. The average molecular weight is 301 g/mol. The third-order valence-electron chi connectivity index (χ3n) is 3.62. The van der Waals surface area contributed by atoms with Crippen LogP contribution >= 0.6 is 0 Å². The molecule has 0 spiro atoms. The van der Waals surface area contributed by atoms with Crippen molar-refractivity contribution >= 4 is 11.9 Å². The van der Waals surface area contributed by atoms with Gasteiger partial charge < -0.3 is 14.5 Å². The first kappa shape index (κ1) is 16.0. The summed E-state index contributed by atoms with van der Waals surface area (Å²) in [6.07, 6.45) is 0.0823. The lowest BCUT2D eigenvalue weighted by Gasteiger charge is -2.19. The van der Waals surface area contributed by atoms with Crippen LogP contribution in [0.25, 0.3) is 0 Å². The molecule has 1 aliphatic rings. The van der Waals surface area contributed by atoms with Gasteiger partial charge in [-0.2, -0.15) is 5.26 Å². The minimum Gasteiger partial charge on any atom is -0.469 e. The van der Waals surface area contributed by atoms with Crippen molar-refractivity contribution in [2.75, 3.05) is 27.7 Å². The molecule has 1 atom stereocenters. The highest BCUT2D eigenvalue weighted by molar-refractivity contribution is 6.00. The summed E-state index contributed by atoms with van der Waals surface area (Å²) >= 11 is 0. The molecule has 1 heterocycles. The molecule has 0 N–H and O–H groups in total. The van der Waals surface area contributed by atoms with Crippen molar-refractivity contribution in [3.63, 3.8) is 0 Å². The first-order valence-electron chi connectivity index (χ1n) is 7.03. The van der Waals surface area contributed by atoms with E-state index in [1.807, 2.05) is 31.1 Å². The molecule has 116 valence electrons. The highest BCUT2D eigenvalue weighted by Crippen LogP contribution is 2.34. The summed E-state index contributed by atoms with van der Waals surface area (Å²) in [5, 5.41) is 9.43. The van der Waals surface area contributed by atoms with Crippen LogP contribution in [0, 0.1) is 11.3 Å². The van der Waals surface area contributed by atoms with Gasteiger partial charge in [0.05, 0.1) is 19.6 Å². The van der Waals surface area contributed by atoms with Gasteiger partial charge in [0.2, 0.25) is 0 Å². The van der Waals surface area contributed by atoms with Gasteiger partial charge in [-0.15, -0.1) is 0 Å². The fourth-order valence-corrected chi connectivity index (χ4v) is 2.62. The van der Waals surface area contributed by atoms with Gasteiger partial charge in [-0.25, -0.2) is 0 Å². The Hall–Kier alpha value is -2.39. The van der Waals surface area contributed by atoms with Crippen molar-refractivity contribution in [2.45, 2.75) is 19.0 Å². The Balaban J connectivity index is 2.25. The van der Waals surface area contributed by atoms with Crippen LogP contribution in [-0.4, -0.2) is 49.4 Å². The van der Waals surface area contributed by atoms with E-state index in [-0.39, 0.29) is 18.9 Å². The molecule has 22 heavy (non-hydrogen) atoms. The topological polar surface area (TPSA) is 73.6 Å². The normalized spacial score (nSPS) is 16.6. The number of methoxy groups -OCH3 is 1. The smallest absolute Gasteiger partial charge is 0.307 e. The summed E-state index contributed by atoms with van der Waals surface area (Å²) in [5.41, 5.74) is 2.31. The highest BCUT2D eigenvalue weighted by atomic mass is 16.5. The molecule has 2 rings (SSSR count). The number of amides is 1. The first-order chi connectivity index (χ1) is 10.5. The van der Waals surface area contributed by atoms with E-state index in [0.29, 0.717) is 5.56 Å². The Morgan fingerprint density at radius 3 is 2.77 bits per heavy atom. The fourth-order valence-electron chi connectivity index (χ4n) is 2.62. The van der Waals surface area contributed by atoms with Gasteiger partial charge in [0.1, 0.15) is 6.04 Å². The predicted octanol–water partition coefficient (Wildman–Crippen LogP) is 1.33. The van der Waals surface area contributed by atoms with E-state index in [2.05, 4.69) is 10.8 Å². The summed E-state index contributed by atoms with van der Waals surface area (Å²) in [7, 11) is 5.23. The highest BCUT2D eigenvalue weighted by Gasteiger charge is 2.36. The molecule has 1 aromatic carbocycles. The maximum atomic E-state index is 12.4. The molecular formula is C16H19N3O3. The largest absolute Gasteiger partial charge is 0.469 e. The Bertz CT molecular complexity index is 634. The third-order valence-corrected chi connectivity index (χ3v) is 3.62. The molecule has 1 aromatic rings. The Morgan fingerprint density at radius 1 is 1.45 bits per heavy atom. The standard InChI is InChI=1S/C16H19N3O3/c1-18(2)10-11-4-5-12-13(8-11)14(9-17)19(16(12)21)7-6-15(20)22-3/h4-5,8,14H,6-7,10H2,1-3H3. The quantitative estimate of drug-likeness (QED) is 0.767. The summed E-state index contributed by atoms with van der Waals surface area (Å²) in [5.74, 6) is -0.601. The Kier molecular flexibility index (Phi) is 4.78. The van der Waals surface area contributed by atoms with Crippen LogP contribution < -0.4 is 0 Å². The Labute approximate surface area is 129 Å². The lowest BCUT2D eigenvalue weighted by molar-refractivity contribution is -0.140. The molecule has 6 nitrogen and oxygen atoms in total. The van der Waals surface area contributed by atoms with Crippen molar-refractivity contribution in [1.29, 1.82) is 5.26 Å². The molecule has 0 saturated carbocycles. The summed E-state index contributed by atoms with van der Waals surface area (Å²) < 4.78 is 4.59. The van der Waals surface area contributed by atoms with E-state index >= 15 is 0 Å². The molecule has 1 unspecified atom stereocenters. The fraction of sp³-hybridized carbons (Fsp3) is 0.438. The number of benzene rings is 1. The van der Waals surface area contributed by atoms with E-state index in [0.717, 1.165) is 17.7 Å². The van der Waals surface area contributed by atoms with Crippen molar-refractivity contribution < 1.29 is 14.3 Å². The molecule has 1 aliphatic heterocycles. The zero-order chi connectivity index (χ0) is 16.3.